The summed E-state index contributed by atoms with van der Waals surface area (Å²) in [5.74, 6) is -1.85. The van der Waals surface area contributed by atoms with Crippen molar-refractivity contribution in [3.8, 4) is 11.4 Å². The van der Waals surface area contributed by atoms with Gasteiger partial charge >= 0.3 is 0 Å². The van der Waals surface area contributed by atoms with E-state index in [-0.39, 0.29) is 29.0 Å². The zero-order valence-corrected chi connectivity index (χ0v) is 11.4. The van der Waals surface area contributed by atoms with Crippen molar-refractivity contribution in [1.82, 2.24) is 10.1 Å². The van der Waals surface area contributed by atoms with Gasteiger partial charge < -0.3 is 4.52 Å². The number of benzene rings is 1. The van der Waals surface area contributed by atoms with Crippen LogP contribution in [0.25, 0.3) is 11.4 Å². The summed E-state index contributed by atoms with van der Waals surface area (Å²) in [4.78, 5) is 15.7. The van der Waals surface area contributed by atoms with Crippen LogP contribution in [-0.2, 0) is 4.79 Å². The average molecular weight is 280 g/mol. The van der Waals surface area contributed by atoms with E-state index in [4.69, 9.17) is 4.52 Å². The summed E-state index contributed by atoms with van der Waals surface area (Å²) in [6, 6.07) is 2.97. The molecule has 2 aromatic rings. The van der Waals surface area contributed by atoms with Crippen LogP contribution in [0.5, 0.6) is 0 Å². The zero-order valence-electron chi connectivity index (χ0n) is 11.4. The van der Waals surface area contributed by atoms with Crippen LogP contribution in [0.15, 0.2) is 22.7 Å². The summed E-state index contributed by atoms with van der Waals surface area (Å²) < 4.78 is 31.4. The number of Topliss-reactive ketones (excluding diaryl/α,β-unsaturated/α-hetero) is 1. The monoisotopic (exact) mass is 280 g/mol. The smallest absolute Gasteiger partial charge is 0.237 e. The maximum Gasteiger partial charge on any atom is 0.237 e. The summed E-state index contributed by atoms with van der Waals surface area (Å²) in [6.45, 7) is 5.16. The lowest BCUT2D eigenvalue weighted by Gasteiger charge is -2.12. The number of hydrogen-bond donors (Lipinski definition) is 0. The Labute approximate surface area is 114 Å². The van der Waals surface area contributed by atoms with Crippen LogP contribution in [0, 0.1) is 17.6 Å². The number of hydrogen-bond acceptors (Lipinski definition) is 4. The molecule has 1 heterocycles. The number of aromatic nitrogens is 2. The van der Waals surface area contributed by atoms with Gasteiger partial charge in [0, 0.05) is 11.6 Å². The minimum absolute atomic E-state index is 0.00922. The maximum atomic E-state index is 13.2. The lowest BCUT2D eigenvalue weighted by molar-refractivity contribution is -0.119. The first kappa shape index (κ1) is 14.3. The number of rotatable bonds is 4. The van der Waals surface area contributed by atoms with E-state index in [1.54, 1.807) is 0 Å². The van der Waals surface area contributed by atoms with E-state index in [1.165, 1.54) is 6.92 Å². The van der Waals surface area contributed by atoms with E-state index in [0.29, 0.717) is 0 Å². The fourth-order valence-corrected chi connectivity index (χ4v) is 2.09. The molecule has 2 rings (SSSR count). The second-order valence-corrected chi connectivity index (χ2v) is 4.95. The van der Waals surface area contributed by atoms with Crippen LogP contribution in [-0.4, -0.2) is 15.9 Å². The van der Waals surface area contributed by atoms with Gasteiger partial charge in [0.25, 0.3) is 0 Å². The van der Waals surface area contributed by atoms with E-state index in [0.717, 1.165) is 18.2 Å². The third-order valence-electron chi connectivity index (χ3n) is 2.93. The van der Waals surface area contributed by atoms with Gasteiger partial charge in [-0.05, 0) is 25.0 Å². The molecule has 0 aliphatic rings. The van der Waals surface area contributed by atoms with Crippen LogP contribution >= 0.6 is 0 Å². The van der Waals surface area contributed by atoms with Crippen LogP contribution in [0.2, 0.25) is 0 Å². The Morgan fingerprint density at radius 1 is 1.20 bits per heavy atom. The Hall–Kier alpha value is -2.11. The van der Waals surface area contributed by atoms with Gasteiger partial charge in [-0.2, -0.15) is 4.98 Å². The third-order valence-corrected chi connectivity index (χ3v) is 2.93. The van der Waals surface area contributed by atoms with Gasteiger partial charge in [-0.15, -0.1) is 0 Å². The van der Waals surface area contributed by atoms with Crippen LogP contribution in [0.1, 0.15) is 32.6 Å². The Morgan fingerprint density at radius 2 is 1.80 bits per heavy atom. The predicted octanol–water partition coefficient (Wildman–Crippen LogP) is 3.34. The Morgan fingerprint density at radius 3 is 2.30 bits per heavy atom. The Balaban J connectivity index is 2.39. The van der Waals surface area contributed by atoms with Crippen LogP contribution in [0.3, 0.4) is 0 Å². The molecule has 0 aliphatic heterocycles. The number of carbonyl (C=O) groups is 1. The first-order chi connectivity index (χ1) is 9.38. The molecule has 0 saturated carbocycles. The van der Waals surface area contributed by atoms with Crippen molar-refractivity contribution in [3.05, 3.63) is 35.7 Å². The molecule has 0 N–H and O–H groups in total. The molecule has 6 heteroatoms. The minimum Gasteiger partial charge on any atom is -0.338 e. The molecule has 1 aromatic carbocycles. The molecule has 1 atom stereocenters. The number of nitrogens with zero attached hydrogens (tertiary/aromatic N) is 2. The average Bonchev–Trinajstić information content (AvgIpc) is 2.75. The lowest BCUT2D eigenvalue weighted by atomic mass is 9.92. The molecule has 4 nitrogen and oxygen atoms in total. The highest BCUT2D eigenvalue weighted by molar-refractivity contribution is 5.82. The molecule has 20 heavy (non-hydrogen) atoms. The second-order valence-electron chi connectivity index (χ2n) is 4.95. The summed E-state index contributed by atoms with van der Waals surface area (Å²) in [5.41, 5.74) is 0.170. The van der Waals surface area contributed by atoms with Crippen molar-refractivity contribution < 1.29 is 18.1 Å². The quantitative estimate of drug-likeness (QED) is 0.861. The van der Waals surface area contributed by atoms with Crippen molar-refractivity contribution >= 4 is 5.78 Å². The minimum atomic E-state index is -0.724. The van der Waals surface area contributed by atoms with Gasteiger partial charge in [0.15, 0.2) is 0 Å². The molecule has 1 aromatic heterocycles. The fraction of sp³-hybridized carbons (Fsp3) is 0.357. The normalized spacial score (nSPS) is 12.7. The topological polar surface area (TPSA) is 56.0 Å². The third kappa shape index (κ3) is 2.89. The number of halogens is 2. The van der Waals surface area contributed by atoms with Crippen LogP contribution < -0.4 is 0 Å². The first-order valence-corrected chi connectivity index (χ1v) is 6.19. The van der Waals surface area contributed by atoms with Gasteiger partial charge in [-0.3, -0.25) is 4.79 Å². The van der Waals surface area contributed by atoms with Gasteiger partial charge in [0.2, 0.25) is 11.7 Å². The maximum absolute atomic E-state index is 13.2. The SMILES string of the molecule is CC(=O)C(c1nc(-c2cc(F)cc(F)c2)no1)C(C)C. The molecule has 0 saturated heterocycles. The highest BCUT2D eigenvalue weighted by Gasteiger charge is 2.27. The highest BCUT2D eigenvalue weighted by atomic mass is 19.1. The number of ketones is 1. The van der Waals surface area contributed by atoms with Crippen molar-refractivity contribution in [3.63, 3.8) is 0 Å². The fourth-order valence-electron chi connectivity index (χ4n) is 2.09. The van der Waals surface area contributed by atoms with Crippen molar-refractivity contribution in [2.75, 3.05) is 0 Å². The molecule has 106 valence electrons. The van der Waals surface area contributed by atoms with E-state index >= 15 is 0 Å². The van der Waals surface area contributed by atoms with Crippen molar-refractivity contribution in [2.45, 2.75) is 26.7 Å². The van der Waals surface area contributed by atoms with Crippen molar-refractivity contribution in [1.29, 1.82) is 0 Å². The van der Waals surface area contributed by atoms with E-state index in [2.05, 4.69) is 10.1 Å². The standard InChI is InChI=1S/C14H14F2N2O2/c1-7(2)12(8(3)19)14-17-13(18-20-14)9-4-10(15)6-11(16)5-9/h4-7,12H,1-3H3. The largest absolute Gasteiger partial charge is 0.338 e. The van der Waals surface area contributed by atoms with Gasteiger partial charge in [0.05, 0.1) is 5.92 Å². The first-order valence-electron chi connectivity index (χ1n) is 6.19. The summed E-state index contributed by atoms with van der Waals surface area (Å²) in [6.07, 6.45) is 0. The van der Waals surface area contributed by atoms with Crippen LogP contribution in [0.4, 0.5) is 8.78 Å². The second kappa shape index (κ2) is 5.48. The molecule has 0 aliphatic carbocycles. The molecule has 0 radical (unpaired) electrons. The highest BCUT2D eigenvalue weighted by Crippen LogP contribution is 2.26. The molecule has 1 unspecified atom stereocenters. The van der Waals surface area contributed by atoms with Crippen molar-refractivity contribution in [2.24, 2.45) is 5.92 Å². The van der Waals surface area contributed by atoms with Gasteiger partial charge in [-0.25, -0.2) is 8.78 Å². The summed E-state index contributed by atoms with van der Waals surface area (Å²) >= 11 is 0. The molecule has 0 fully saturated rings. The summed E-state index contributed by atoms with van der Waals surface area (Å²) in [7, 11) is 0. The zero-order chi connectivity index (χ0) is 14.9. The van der Waals surface area contributed by atoms with E-state index < -0.39 is 17.6 Å². The van der Waals surface area contributed by atoms with Gasteiger partial charge in [-0.1, -0.05) is 19.0 Å². The molecule has 0 bridgehead atoms. The Bertz CT molecular complexity index is 618. The molecular weight excluding hydrogens is 266 g/mol. The van der Waals surface area contributed by atoms with E-state index in [9.17, 15) is 13.6 Å². The summed E-state index contributed by atoms with van der Waals surface area (Å²) in [5, 5.41) is 3.68. The predicted molar refractivity (Wildman–Crippen MR) is 67.9 cm³/mol. The molecular formula is C14H14F2N2O2. The lowest BCUT2D eigenvalue weighted by Crippen LogP contribution is -2.15. The molecule has 0 amide bonds. The molecule has 0 spiro atoms. The van der Waals surface area contributed by atoms with E-state index in [1.807, 2.05) is 13.8 Å². The number of carbonyl (C=O) groups excluding carboxylic acids is 1. The Kier molecular flexibility index (Phi) is 3.92. The van der Waals surface area contributed by atoms with Gasteiger partial charge in [0.1, 0.15) is 17.4 Å².